The second kappa shape index (κ2) is 19.9. The first kappa shape index (κ1) is 32.9. The summed E-state index contributed by atoms with van der Waals surface area (Å²) in [7, 11) is 3.20. The Labute approximate surface area is 222 Å². The lowest BCUT2D eigenvalue weighted by atomic mass is 10.2. The van der Waals surface area contributed by atoms with Crippen LogP contribution in [0, 0.1) is 0 Å². The molecule has 14 heteroatoms. The molecule has 3 N–H and O–H groups in total. The van der Waals surface area contributed by atoms with Crippen LogP contribution in [0.25, 0.3) is 0 Å². The van der Waals surface area contributed by atoms with Crippen LogP contribution in [0.4, 0.5) is 0 Å². The van der Waals surface area contributed by atoms with Crippen LogP contribution in [0.2, 0.25) is 0 Å². The zero-order valence-electron chi connectivity index (χ0n) is 21.9. The molecule has 1 heterocycles. The number of hydrogen-bond acceptors (Lipinski definition) is 11. The van der Waals surface area contributed by atoms with E-state index < -0.39 is 5.25 Å². The van der Waals surface area contributed by atoms with Crippen LogP contribution in [0.3, 0.4) is 0 Å². The van der Waals surface area contributed by atoms with Crippen molar-refractivity contribution >= 4 is 41.2 Å². The highest BCUT2D eigenvalue weighted by Gasteiger charge is 2.38. The minimum absolute atomic E-state index is 0.119. The molecular weight excluding hydrogens is 508 g/mol. The minimum Gasteiger partial charge on any atom is -0.379 e. The standard InChI is InChI=1S/C23H40N4O9S/c1-17(24-2)18(28)14-36-15-20(29)26-5-8-34-10-12-35-11-9-33-7-4-6-27-22(31)13-19(23(27)32)37-16-21(30)25-3/h17,19,24H,4-16H2,1-3H3,(H,25,30)(H,26,29). The summed E-state index contributed by atoms with van der Waals surface area (Å²) in [5, 5.41) is 7.43. The van der Waals surface area contributed by atoms with Gasteiger partial charge in [-0.3, -0.25) is 28.9 Å². The Morgan fingerprint density at radius 2 is 1.59 bits per heavy atom. The molecule has 1 fully saturated rings. The molecule has 0 aromatic heterocycles. The van der Waals surface area contributed by atoms with E-state index >= 15 is 0 Å². The van der Waals surface area contributed by atoms with E-state index in [1.54, 1.807) is 14.0 Å². The van der Waals surface area contributed by atoms with Crippen molar-refractivity contribution < 1.29 is 42.9 Å². The maximum atomic E-state index is 12.3. The average molecular weight is 549 g/mol. The fraction of sp³-hybridized carbons (Fsp3) is 0.783. The first-order chi connectivity index (χ1) is 17.8. The van der Waals surface area contributed by atoms with Crippen molar-refractivity contribution in [2.45, 2.75) is 31.1 Å². The van der Waals surface area contributed by atoms with Crippen LogP contribution in [0.1, 0.15) is 19.8 Å². The van der Waals surface area contributed by atoms with Crippen LogP contribution in [-0.4, -0.2) is 131 Å². The summed E-state index contributed by atoms with van der Waals surface area (Å²) in [6.07, 6.45) is 0.645. The molecule has 1 aliphatic rings. The lowest BCUT2D eigenvalue weighted by Gasteiger charge is -2.14. The van der Waals surface area contributed by atoms with E-state index in [1.165, 1.54) is 23.7 Å². The van der Waals surface area contributed by atoms with Gasteiger partial charge in [0.25, 0.3) is 0 Å². The summed E-state index contributed by atoms with van der Waals surface area (Å²) in [6.45, 7) is 4.22. The number of Topliss-reactive ketones (excluding diaryl/α,β-unsaturated/α-hetero) is 1. The van der Waals surface area contributed by atoms with Gasteiger partial charge in [0.15, 0.2) is 5.78 Å². The first-order valence-corrected chi connectivity index (χ1v) is 13.3. The van der Waals surface area contributed by atoms with Gasteiger partial charge in [-0.05, 0) is 20.4 Å². The predicted octanol–water partition coefficient (Wildman–Crippen LogP) is -1.66. The Kier molecular flexibility index (Phi) is 17.7. The summed E-state index contributed by atoms with van der Waals surface area (Å²) < 4.78 is 21.3. The molecule has 0 aliphatic carbocycles. The van der Waals surface area contributed by atoms with Gasteiger partial charge >= 0.3 is 0 Å². The fourth-order valence-corrected chi connectivity index (χ4v) is 4.00. The molecule has 212 valence electrons. The van der Waals surface area contributed by atoms with Gasteiger partial charge in [0.2, 0.25) is 23.6 Å². The van der Waals surface area contributed by atoms with E-state index in [1.807, 2.05) is 0 Å². The number of nitrogens with one attached hydrogen (secondary N) is 3. The number of nitrogens with zero attached hydrogens (tertiary/aromatic N) is 1. The lowest BCUT2D eigenvalue weighted by Crippen LogP contribution is -2.35. The van der Waals surface area contributed by atoms with E-state index in [0.29, 0.717) is 59.2 Å². The second-order valence-corrected chi connectivity index (χ2v) is 9.26. The number of amides is 4. The van der Waals surface area contributed by atoms with Gasteiger partial charge in [0, 0.05) is 33.2 Å². The summed E-state index contributed by atoms with van der Waals surface area (Å²) in [5.74, 6) is -0.941. The van der Waals surface area contributed by atoms with E-state index in [2.05, 4.69) is 16.0 Å². The number of ether oxygens (including phenoxy) is 4. The zero-order chi connectivity index (χ0) is 27.5. The fourth-order valence-electron chi connectivity index (χ4n) is 2.98. The van der Waals surface area contributed by atoms with Gasteiger partial charge in [0.05, 0.1) is 50.1 Å². The smallest absolute Gasteiger partial charge is 0.246 e. The number of thioether (sulfide) groups is 1. The minimum atomic E-state index is -0.499. The van der Waals surface area contributed by atoms with Crippen LogP contribution < -0.4 is 16.0 Å². The van der Waals surface area contributed by atoms with Crippen molar-refractivity contribution in [1.29, 1.82) is 0 Å². The van der Waals surface area contributed by atoms with E-state index in [4.69, 9.17) is 18.9 Å². The molecule has 1 aliphatic heterocycles. The number of rotatable bonds is 22. The van der Waals surface area contributed by atoms with E-state index in [9.17, 15) is 24.0 Å². The number of hydrogen-bond donors (Lipinski definition) is 3. The Morgan fingerprint density at radius 1 is 0.946 bits per heavy atom. The Bertz CT molecular complexity index is 741. The highest BCUT2D eigenvalue weighted by molar-refractivity contribution is 8.01. The molecule has 0 saturated carbocycles. The van der Waals surface area contributed by atoms with Crippen LogP contribution in [-0.2, 0) is 42.9 Å². The zero-order valence-corrected chi connectivity index (χ0v) is 22.7. The van der Waals surface area contributed by atoms with Crippen molar-refractivity contribution in [3.63, 3.8) is 0 Å². The van der Waals surface area contributed by atoms with E-state index in [-0.39, 0.29) is 60.8 Å². The lowest BCUT2D eigenvalue weighted by molar-refractivity contribution is -0.138. The monoisotopic (exact) mass is 548 g/mol. The van der Waals surface area contributed by atoms with E-state index in [0.717, 1.165) is 0 Å². The molecule has 1 saturated heterocycles. The highest BCUT2D eigenvalue weighted by Crippen LogP contribution is 2.25. The van der Waals surface area contributed by atoms with Crippen molar-refractivity contribution in [3.8, 4) is 0 Å². The SMILES string of the molecule is CNC(=O)CSC1CC(=O)N(CCCOCCOCCOCCNC(=O)COCC(=O)C(C)NC)C1=O. The van der Waals surface area contributed by atoms with Gasteiger partial charge in [-0.15, -0.1) is 11.8 Å². The molecule has 13 nitrogen and oxygen atoms in total. The first-order valence-electron chi connectivity index (χ1n) is 12.2. The summed E-state index contributed by atoms with van der Waals surface area (Å²) in [6, 6.07) is -0.314. The van der Waals surface area contributed by atoms with Crippen molar-refractivity contribution in [1.82, 2.24) is 20.9 Å². The second-order valence-electron chi connectivity index (χ2n) is 8.07. The number of imide groups is 1. The van der Waals surface area contributed by atoms with Crippen molar-refractivity contribution in [2.24, 2.45) is 0 Å². The summed E-state index contributed by atoms with van der Waals surface area (Å²) >= 11 is 1.18. The Balaban J connectivity index is 1.92. The molecule has 0 aromatic carbocycles. The topological polar surface area (TPSA) is 162 Å². The molecule has 0 spiro atoms. The Morgan fingerprint density at radius 3 is 2.24 bits per heavy atom. The number of carbonyl (C=O) groups is 5. The van der Waals surface area contributed by atoms with Crippen molar-refractivity contribution in [2.75, 3.05) is 85.8 Å². The normalized spacial score (nSPS) is 16.2. The highest BCUT2D eigenvalue weighted by atomic mass is 32.2. The molecule has 37 heavy (non-hydrogen) atoms. The summed E-state index contributed by atoms with van der Waals surface area (Å²) in [5.41, 5.74) is 0. The molecule has 1 rings (SSSR count). The molecule has 0 aromatic rings. The molecule has 0 bridgehead atoms. The van der Waals surface area contributed by atoms with Crippen LogP contribution >= 0.6 is 11.8 Å². The van der Waals surface area contributed by atoms with Crippen LogP contribution in [0.15, 0.2) is 0 Å². The third-order valence-electron chi connectivity index (χ3n) is 5.27. The predicted molar refractivity (Wildman–Crippen MR) is 136 cm³/mol. The van der Waals surface area contributed by atoms with Gasteiger partial charge in [-0.25, -0.2) is 0 Å². The number of ketones is 1. The average Bonchev–Trinajstić information content (AvgIpc) is 3.16. The van der Waals surface area contributed by atoms with Gasteiger partial charge < -0.3 is 34.9 Å². The largest absolute Gasteiger partial charge is 0.379 e. The number of likely N-dealkylation sites (N-methyl/N-ethyl adjacent to an activating group) is 1. The van der Waals surface area contributed by atoms with Gasteiger partial charge in [-0.1, -0.05) is 0 Å². The summed E-state index contributed by atoms with van der Waals surface area (Å²) in [4.78, 5) is 60.1. The number of carbonyl (C=O) groups excluding carboxylic acids is 5. The maximum absolute atomic E-state index is 12.3. The van der Waals surface area contributed by atoms with Crippen molar-refractivity contribution in [3.05, 3.63) is 0 Å². The van der Waals surface area contributed by atoms with Crippen LogP contribution in [0.5, 0.6) is 0 Å². The quantitative estimate of drug-likeness (QED) is 0.105. The molecular formula is C23H40N4O9S. The molecule has 4 amide bonds. The molecule has 2 unspecified atom stereocenters. The molecule has 0 radical (unpaired) electrons. The maximum Gasteiger partial charge on any atom is 0.246 e. The third-order valence-corrected chi connectivity index (χ3v) is 6.47. The molecule has 2 atom stereocenters. The van der Waals surface area contributed by atoms with Gasteiger partial charge in [-0.2, -0.15) is 0 Å². The number of likely N-dealkylation sites (tertiary alicyclic amines) is 1. The third kappa shape index (κ3) is 14.4. The van der Waals surface area contributed by atoms with Gasteiger partial charge in [0.1, 0.15) is 13.2 Å². The Hall–Kier alpha value is -2.10.